The van der Waals surface area contributed by atoms with Gasteiger partial charge in [-0.15, -0.1) is 11.6 Å². The first-order valence-electron chi connectivity index (χ1n) is 4.73. The van der Waals surface area contributed by atoms with Crippen LogP contribution in [0.1, 0.15) is 25.7 Å². The van der Waals surface area contributed by atoms with Crippen molar-refractivity contribution in [3.8, 4) is 0 Å². The van der Waals surface area contributed by atoms with Crippen molar-refractivity contribution in [1.29, 1.82) is 0 Å². The Morgan fingerprint density at radius 2 is 2.23 bits per heavy atom. The lowest BCUT2D eigenvalue weighted by Crippen LogP contribution is -2.38. The Balaban J connectivity index is 1.96. The first-order valence-corrected chi connectivity index (χ1v) is 5.26. The number of carbonyl (C=O) groups is 1. The van der Waals surface area contributed by atoms with Crippen molar-refractivity contribution in [1.82, 2.24) is 5.32 Å². The molecule has 0 heterocycles. The highest BCUT2D eigenvalue weighted by molar-refractivity contribution is 6.17. The maximum atomic E-state index is 11.1. The molecule has 0 bridgehead atoms. The van der Waals surface area contributed by atoms with Crippen LogP contribution in [0.25, 0.3) is 0 Å². The number of aliphatic hydroxyl groups excluding tert-OH is 1. The summed E-state index contributed by atoms with van der Waals surface area (Å²) in [6, 6.07) is 0. The fraction of sp³-hybridized carbons (Fsp3) is 0.889. The van der Waals surface area contributed by atoms with E-state index in [0.717, 1.165) is 19.3 Å². The van der Waals surface area contributed by atoms with E-state index in [1.807, 2.05) is 0 Å². The smallest absolute Gasteiger partial charge is 0.220 e. The summed E-state index contributed by atoms with van der Waals surface area (Å²) in [5, 5.41) is 11.8. The first kappa shape index (κ1) is 10.8. The average Bonchev–Trinajstić information content (AvgIpc) is 2.07. The van der Waals surface area contributed by atoms with Crippen LogP contribution >= 0.6 is 11.6 Å². The van der Waals surface area contributed by atoms with Crippen molar-refractivity contribution >= 4 is 17.5 Å². The summed E-state index contributed by atoms with van der Waals surface area (Å²) in [4.78, 5) is 11.1. The molecule has 3 nitrogen and oxygen atoms in total. The lowest BCUT2D eigenvalue weighted by atomic mass is 9.82. The van der Waals surface area contributed by atoms with Crippen molar-refractivity contribution < 1.29 is 9.90 Å². The van der Waals surface area contributed by atoms with E-state index in [4.69, 9.17) is 16.7 Å². The summed E-state index contributed by atoms with van der Waals surface area (Å²) in [7, 11) is 0. The molecule has 76 valence electrons. The van der Waals surface area contributed by atoms with Gasteiger partial charge in [0.25, 0.3) is 0 Å². The molecule has 0 unspecified atom stereocenters. The molecule has 0 spiro atoms. The summed E-state index contributed by atoms with van der Waals surface area (Å²) < 4.78 is 0. The number of hydrogen-bond acceptors (Lipinski definition) is 2. The van der Waals surface area contributed by atoms with E-state index < -0.39 is 0 Å². The minimum absolute atomic E-state index is 0.0713. The SMILES string of the molecule is O=C(CCCCl)NCC1CC(O)C1. The molecule has 2 N–H and O–H groups in total. The van der Waals surface area contributed by atoms with Gasteiger partial charge in [0.15, 0.2) is 0 Å². The van der Waals surface area contributed by atoms with Gasteiger partial charge in [0.1, 0.15) is 0 Å². The molecule has 1 aliphatic rings. The van der Waals surface area contributed by atoms with Gasteiger partial charge in [-0.3, -0.25) is 4.79 Å². The molecule has 1 amide bonds. The van der Waals surface area contributed by atoms with Gasteiger partial charge < -0.3 is 10.4 Å². The van der Waals surface area contributed by atoms with Gasteiger partial charge in [0.2, 0.25) is 5.91 Å². The number of carbonyl (C=O) groups excluding carboxylic acids is 1. The van der Waals surface area contributed by atoms with Gasteiger partial charge in [0.05, 0.1) is 6.10 Å². The maximum absolute atomic E-state index is 11.1. The van der Waals surface area contributed by atoms with Gasteiger partial charge in [-0.1, -0.05) is 0 Å². The molecule has 0 aromatic carbocycles. The highest BCUT2D eigenvalue weighted by Gasteiger charge is 2.26. The highest BCUT2D eigenvalue weighted by atomic mass is 35.5. The maximum Gasteiger partial charge on any atom is 0.220 e. The Morgan fingerprint density at radius 3 is 2.77 bits per heavy atom. The van der Waals surface area contributed by atoms with E-state index in [2.05, 4.69) is 5.32 Å². The normalized spacial score (nSPS) is 26.6. The molecule has 13 heavy (non-hydrogen) atoms. The standard InChI is InChI=1S/C9H16ClNO2/c10-3-1-2-9(13)11-6-7-4-8(12)5-7/h7-8,12H,1-6H2,(H,11,13). The molecule has 0 aromatic heterocycles. The molecule has 0 aromatic rings. The Labute approximate surface area is 83.5 Å². The van der Waals surface area contributed by atoms with Crippen LogP contribution in [0.4, 0.5) is 0 Å². The number of nitrogens with one attached hydrogen (secondary N) is 1. The molecule has 1 rings (SSSR count). The second-order valence-corrected chi connectivity index (χ2v) is 3.97. The lowest BCUT2D eigenvalue weighted by molar-refractivity contribution is -0.121. The monoisotopic (exact) mass is 205 g/mol. The lowest BCUT2D eigenvalue weighted by Gasteiger charge is -2.31. The molecule has 0 atom stereocenters. The van der Waals surface area contributed by atoms with Crippen LogP contribution in [0.2, 0.25) is 0 Å². The minimum Gasteiger partial charge on any atom is -0.393 e. The molecule has 1 saturated carbocycles. The zero-order valence-corrected chi connectivity index (χ0v) is 8.39. The summed E-state index contributed by atoms with van der Waals surface area (Å²) >= 11 is 5.45. The highest BCUT2D eigenvalue weighted by Crippen LogP contribution is 2.25. The van der Waals surface area contributed by atoms with Gasteiger partial charge in [-0.2, -0.15) is 0 Å². The molecule has 0 aliphatic heterocycles. The molecular formula is C9H16ClNO2. The number of amides is 1. The fourth-order valence-electron chi connectivity index (χ4n) is 1.44. The van der Waals surface area contributed by atoms with Crippen molar-refractivity contribution in [2.24, 2.45) is 5.92 Å². The summed E-state index contributed by atoms with van der Waals surface area (Å²) in [5.74, 6) is 1.09. The molecule has 4 heteroatoms. The second-order valence-electron chi connectivity index (χ2n) is 3.59. The third-order valence-corrected chi connectivity index (χ3v) is 2.60. The Kier molecular flexibility index (Phi) is 4.53. The number of hydrogen-bond donors (Lipinski definition) is 2. The van der Waals surface area contributed by atoms with E-state index in [-0.39, 0.29) is 12.0 Å². The quantitative estimate of drug-likeness (QED) is 0.655. The largest absolute Gasteiger partial charge is 0.393 e. The van der Waals surface area contributed by atoms with Crippen LogP contribution in [0.15, 0.2) is 0 Å². The van der Waals surface area contributed by atoms with Crippen LogP contribution in [-0.2, 0) is 4.79 Å². The van der Waals surface area contributed by atoms with Gasteiger partial charge >= 0.3 is 0 Å². The zero-order chi connectivity index (χ0) is 9.68. The summed E-state index contributed by atoms with van der Waals surface area (Å²) in [6.07, 6.45) is 2.77. The summed E-state index contributed by atoms with van der Waals surface area (Å²) in [5.41, 5.74) is 0. The third kappa shape index (κ3) is 3.96. The van der Waals surface area contributed by atoms with Crippen molar-refractivity contribution in [2.45, 2.75) is 31.8 Å². The molecule has 0 saturated heterocycles. The first-order chi connectivity index (χ1) is 6.22. The molecule has 0 radical (unpaired) electrons. The molecule has 1 fully saturated rings. The van der Waals surface area contributed by atoms with Crippen molar-refractivity contribution in [2.75, 3.05) is 12.4 Å². The number of rotatable bonds is 5. The topological polar surface area (TPSA) is 49.3 Å². The minimum atomic E-state index is -0.134. The van der Waals surface area contributed by atoms with E-state index in [0.29, 0.717) is 24.8 Å². The van der Waals surface area contributed by atoms with Crippen LogP contribution < -0.4 is 5.32 Å². The predicted octanol–water partition coefficient (Wildman–Crippen LogP) is 0.892. The van der Waals surface area contributed by atoms with E-state index in [1.165, 1.54) is 0 Å². The van der Waals surface area contributed by atoms with Crippen molar-refractivity contribution in [3.63, 3.8) is 0 Å². The molecular weight excluding hydrogens is 190 g/mol. The summed E-state index contributed by atoms with van der Waals surface area (Å²) in [6.45, 7) is 0.707. The van der Waals surface area contributed by atoms with Crippen LogP contribution in [0.5, 0.6) is 0 Å². The fourth-order valence-corrected chi connectivity index (χ4v) is 1.57. The van der Waals surface area contributed by atoms with E-state index >= 15 is 0 Å². The number of aliphatic hydroxyl groups is 1. The van der Waals surface area contributed by atoms with Gasteiger partial charge in [0, 0.05) is 18.8 Å². The van der Waals surface area contributed by atoms with Gasteiger partial charge in [-0.05, 0) is 25.2 Å². The van der Waals surface area contributed by atoms with E-state index in [9.17, 15) is 4.79 Å². The Morgan fingerprint density at radius 1 is 1.54 bits per heavy atom. The van der Waals surface area contributed by atoms with Crippen LogP contribution in [0, 0.1) is 5.92 Å². The van der Waals surface area contributed by atoms with Crippen LogP contribution in [-0.4, -0.2) is 29.5 Å². The predicted molar refractivity (Wildman–Crippen MR) is 51.7 cm³/mol. The van der Waals surface area contributed by atoms with Gasteiger partial charge in [-0.25, -0.2) is 0 Å². The Bertz CT molecular complexity index is 169. The third-order valence-electron chi connectivity index (χ3n) is 2.34. The van der Waals surface area contributed by atoms with Crippen LogP contribution in [0.3, 0.4) is 0 Å². The van der Waals surface area contributed by atoms with E-state index in [1.54, 1.807) is 0 Å². The van der Waals surface area contributed by atoms with Crippen molar-refractivity contribution in [3.05, 3.63) is 0 Å². The molecule has 1 aliphatic carbocycles. The second kappa shape index (κ2) is 5.45. The Hall–Kier alpha value is -0.280. The number of halogens is 1. The number of alkyl halides is 1. The zero-order valence-electron chi connectivity index (χ0n) is 7.63. The average molecular weight is 206 g/mol.